The molecule has 2 atom stereocenters. The number of nitrogens with zero attached hydrogens (tertiary/aromatic N) is 1. The summed E-state index contributed by atoms with van der Waals surface area (Å²) < 4.78 is 5.24. The van der Waals surface area contributed by atoms with E-state index >= 15 is 0 Å². The molecule has 116 valence electrons. The number of hydrogen-bond donors (Lipinski definition) is 2. The Kier molecular flexibility index (Phi) is 6.58. The van der Waals surface area contributed by atoms with Crippen molar-refractivity contribution in [3.8, 4) is 5.75 Å². The van der Waals surface area contributed by atoms with Crippen molar-refractivity contribution in [3.05, 3.63) is 29.8 Å². The van der Waals surface area contributed by atoms with E-state index in [0.29, 0.717) is 6.54 Å². The molecule has 1 amide bonds. The maximum absolute atomic E-state index is 11.9. The second-order valence-electron chi connectivity index (χ2n) is 5.13. The zero-order valence-corrected chi connectivity index (χ0v) is 13.7. The largest absolute Gasteiger partial charge is 0.497 e. The topological polar surface area (TPSA) is 67.6 Å². The van der Waals surface area contributed by atoms with Gasteiger partial charge in [0.05, 0.1) is 24.1 Å². The molecule has 0 saturated carbocycles. The molecule has 21 heavy (non-hydrogen) atoms. The van der Waals surface area contributed by atoms with Gasteiger partial charge in [-0.2, -0.15) is 0 Å². The van der Waals surface area contributed by atoms with E-state index in [2.05, 4.69) is 5.32 Å². The minimum atomic E-state index is -0.465. The number of nitrogens with two attached hydrogens (primary N) is 1. The lowest BCUT2D eigenvalue weighted by molar-refractivity contribution is -0.122. The van der Waals surface area contributed by atoms with Crippen molar-refractivity contribution in [3.63, 3.8) is 0 Å². The minimum absolute atomic E-state index is 0.0441. The van der Waals surface area contributed by atoms with Crippen LogP contribution in [0.1, 0.15) is 18.5 Å². The van der Waals surface area contributed by atoms with Gasteiger partial charge in [0, 0.05) is 6.54 Å². The highest BCUT2D eigenvalue weighted by Crippen LogP contribution is 2.22. The van der Waals surface area contributed by atoms with Crippen molar-refractivity contribution in [1.82, 2.24) is 10.2 Å². The van der Waals surface area contributed by atoms with Gasteiger partial charge in [0.15, 0.2) is 0 Å². The Balaban J connectivity index is 2.79. The average molecular weight is 309 g/mol. The van der Waals surface area contributed by atoms with Crippen LogP contribution < -0.4 is 15.8 Å². The number of benzene rings is 1. The SMILES string of the molecule is COc1cccc(C(CNC(=O)C(C)C(N)=S)N(C)C)c1. The molecule has 0 fully saturated rings. The Hall–Kier alpha value is -1.66. The summed E-state index contributed by atoms with van der Waals surface area (Å²) in [4.78, 5) is 14.2. The number of ether oxygens (including phenoxy) is 1. The van der Waals surface area contributed by atoms with Gasteiger partial charge < -0.3 is 20.7 Å². The first-order valence-electron chi connectivity index (χ1n) is 6.74. The lowest BCUT2D eigenvalue weighted by Gasteiger charge is -2.26. The Labute approximate surface area is 131 Å². The molecule has 1 rings (SSSR count). The summed E-state index contributed by atoms with van der Waals surface area (Å²) in [5, 5.41) is 2.89. The molecule has 0 aromatic heterocycles. The first kappa shape index (κ1) is 17.4. The van der Waals surface area contributed by atoms with Gasteiger partial charge in [0.1, 0.15) is 5.75 Å². The summed E-state index contributed by atoms with van der Waals surface area (Å²) in [6, 6.07) is 7.85. The van der Waals surface area contributed by atoms with Gasteiger partial charge in [-0.1, -0.05) is 24.4 Å². The molecule has 1 aromatic rings. The highest BCUT2D eigenvalue weighted by atomic mass is 32.1. The summed E-state index contributed by atoms with van der Waals surface area (Å²) >= 11 is 4.84. The summed E-state index contributed by atoms with van der Waals surface area (Å²) in [6.07, 6.45) is 0. The van der Waals surface area contributed by atoms with Gasteiger partial charge in [-0.25, -0.2) is 0 Å². The Morgan fingerprint density at radius 2 is 2.14 bits per heavy atom. The zero-order valence-electron chi connectivity index (χ0n) is 12.9. The molecule has 0 bridgehead atoms. The van der Waals surface area contributed by atoms with Crippen LogP contribution in [0.2, 0.25) is 0 Å². The van der Waals surface area contributed by atoms with Crippen molar-refractivity contribution in [1.29, 1.82) is 0 Å². The maximum atomic E-state index is 11.9. The molecule has 0 aliphatic rings. The highest BCUT2D eigenvalue weighted by Gasteiger charge is 2.19. The summed E-state index contributed by atoms with van der Waals surface area (Å²) in [7, 11) is 5.57. The number of thiocarbonyl (C=S) groups is 1. The fourth-order valence-corrected chi connectivity index (χ4v) is 2.03. The molecule has 3 N–H and O–H groups in total. The first-order valence-corrected chi connectivity index (χ1v) is 7.15. The van der Waals surface area contributed by atoms with E-state index in [4.69, 9.17) is 22.7 Å². The first-order chi connectivity index (χ1) is 9.86. The molecule has 1 aromatic carbocycles. The normalized spacial score (nSPS) is 13.6. The van der Waals surface area contributed by atoms with Gasteiger partial charge in [-0.05, 0) is 38.7 Å². The number of nitrogens with one attached hydrogen (secondary N) is 1. The second-order valence-corrected chi connectivity index (χ2v) is 5.60. The van der Waals surface area contributed by atoms with E-state index in [0.717, 1.165) is 11.3 Å². The van der Waals surface area contributed by atoms with Crippen molar-refractivity contribution >= 4 is 23.1 Å². The average Bonchev–Trinajstić information content (AvgIpc) is 2.46. The standard InChI is InChI=1S/C15H23N3O2S/c1-10(14(16)21)15(19)17-9-13(18(2)3)11-6-5-7-12(8-11)20-4/h5-8,10,13H,9H2,1-4H3,(H2,16,21)(H,17,19). The van der Waals surface area contributed by atoms with E-state index in [-0.39, 0.29) is 16.9 Å². The van der Waals surface area contributed by atoms with Crippen molar-refractivity contribution < 1.29 is 9.53 Å². The molecule has 0 saturated heterocycles. The fraction of sp³-hybridized carbons (Fsp3) is 0.467. The van der Waals surface area contributed by atoms with E-state index in [1.54, 1.807) is 14.0 Å². The molecular formula is C15H23N3O2S. The van der Waals surface area contributed by atoms with Crippen LogP contribution in [0.5, 0.6) is 5.75 Å². The van der Waals surface area contributed by atoms with Crippen LogP contribution in [0.25, 0.3) is 0 Å². The summed E-state index contributed by atoms with van der Waals surface area (Å²) in [6.45, 7) is 2.18. The molecular weight excluding hydrogens is 286 g/mol. The maximum Gasteiger partial charge on any atom is 0.229 e. The van der Waals surface area contributed by atoms with Crippen molar-refractivity contribution in [2.24, 2.45) is 11.7 Å². The predicted molar refractivity (Wildman–Crippen MR) is 88.4 cm³/mol. The number of likely N-dealkylation sites (N-methyl/N-ethyl adjacent to an activating group) is 1. The number of amides is 1. The molecule has 0 aliphatic heterocycles. The van der Waals surface area contributed by atoms with E-state index in [9.17, 15) is 4.79 Å². The molecule has 0 aliphatic carbocycles. The molecule has 6 heteroatoms. The van der Waals surface area contributed by atoms with Gasteiger partial charge in [-0.15, -0.1) is 0 Å². The second kappa shape index (κ2) is 7.95. The van der Waals surface area contributed by atoms with Crippen LogP contribution in [0.15, 0.2) is 24.3 Å². The lowest BCUT2D eigenvalue weighted by Crippen LogP contribution is -2.40. The van der Waals surface area contributed by atoms with Crippen LogP contribution in [0.3, 0.4) is 0 Å². The zero-order chi connectivity index (χ0) is 16.0. The summed E-state index contributed by atoms with van der Waals surface area (Å²) in [5.74, 6) is 0.174. The van der Waals surface area contributed by atoms with Crippen LogP contribution in [0.4, 0.5) is 0 Å². The van der Waals surface area contributed by atoms with Crippen LogP contribution in [-0.4, -0.2) is 43.5 Å². The molecule has 0 spiro atoms. The highest BCUT2D eigenvalue weighted by molar-refractivity contribution is 7.80. The number of hydrogen-bond acceptors (Lipinski definition) is 4. The van der Waals surface area contributed by atoms with Crippen molar-refractivity contribution in [2.45, 2.75) is 13.0 Å². The number of carbonyl (C=O) groups is 1. The minimum Gasteiger partial charge on any atom is -0.497 e. The van der Waals surface area contributed by atoms with Crippen LogP contribution in [-0.2, 0) is 4.79 Å². The van der Waals surface area contributed by atoms with E-state index in [1.165, 1.54) is 0 Å². The van der Waals surface area contributed by atoms with Gasteiger partial charge in [-0.3, -0.25) is 4.79 Å². The van der Waals surface area contributed by atoms with E-state index in [1.807, 2.05) is 43.3 Å². The van der Waals surface area contributed by atoms with Crippen LogP contribution in [0, 0.1) is 5.92 Å². The number of methoxy groups -OCH3 is 1. The van der Waals surface area contributed by atoms with Gasteiger partial charge in [0.2, 0.25) is 5.91 Å². The van der Waals surface area contributed by atoms with Crippen LogP contribution >= 0.6 is 12.2 Å². The van der Waals surface area contributed by atoms with E-state index < -0.39 is 5.92 Å². The van der Waals surface area contributed by atoms with Crippen molar-refractivity contribution in [2.75, 3.05) is 27.7 Å². The molecule has 0 heterocycles. The molecule has 0 radical (unpaired) electrons. The third kappa shape index (κ3) is 4.99. The molecule has 2 unspecified atom stereocenters. The third-order valence-electron chi connectivity index (χ3n) is 3.39. The molecule has 5 nitrogen and oxygen atoms in total. The Morgan fingerprint density at radius 3 is 2.67 bits per heavy atom. The Morgan fingerprint density at radius 1 is 1.48 bits per heavy atom. The predicted octanol–water partition coefficient (Wildman–Crippen LogP) is 1.34. The number of carbonyl (C=O) groups excluding carboxylic acids is 1. The third-order valence-corrected chi connectivity index (χ3v) is 3.75. The lowest BCUT2D eigenvalue weighted by atomic mass is 10.0. The monoisotopic (exact) mass is 309 g/mol. The quantitative estimate of drug-likeness (QED) is 0.744. The number of rotatable bonds is 7. The summed E-state index contributed by atoms with van der Waals surface area (Å²) in [5.41, 5.74) is 6.57. The van der Waals surface area contributed by atoms with Gasteiger partial charge in [0.25, 0.3) is 0 Å². The fourth-order valence-electron chi connectivity index (χ4n) is 1.93. The Bertz CT molecular complexity index is 505. The van der Waals surface area contributed by atoms with Gasteiger partial charge >= 0.3 is 0 Å². The smallest absolute Gasteiger partial charge is 0.229 e.